The van der Waals surface area contributed by atoms with Gasteiger partial charge in [0.25, 0.3) is 10.1 Å². The third-order valence-corrected chi connectivity index (χ3v) is 4.74. The first-order chi connectivity index (χ1) is 13.1. The topological polar surface area (TPSA) is 80.7 Å². The summed E-state index contributed by atoms with van der Waals surface area (Å²) in [6.07, 6.45) is -11.4. The average Bonchev–Trinajstić information content (AvgIpc) is 2.56. The normalized spacial score (nSPS) is 13.3. The molecule has 1 N–H and O–H groups in total. The Hall–Kier alpha value is -2.60. The number of carbonyl (C=O) groups is 1. The van der Waals surface area contributed by atoms with E-state index in [1.165, 1.54) is 36.4 Å². The predicted octanol–water partition coefficient (Wildman–Crippen LogP) is 4.39. The molecule has 12 heteroatoms. The van der Waals surface area contributed by atoms with Crippen LogP contribution in [0.5, 0.6) is 0 Å². The number of esters is 1. The second-order valence-electron chi connectivity index (χ2n) is 5.89. The van der Waals surface area contributed by atoms with Gasteiger partial charge >= 0.3 is 23.9 Å². The summed E-state index contributed by atoms with van der Waals surface area (Å²) in [5.41, 5.74) is -5.70. The maximum atomic E-state index is 13.3. The van der Waals surface area contributed by atoms with E-state index in [0.717, 1.165) is 6.07 Å². The number of carbonyl (C=O) groups excluding carboxylic acids is 1. The van der Waals surface area contributed by atoms with E-state index in [-0.39, 0.29) is 10.8 Å². The number of halogens is 6. The molecule has 2 aromatic rings. The number of benzene rings is 2. The van der Waals surface area contributed by atoms with Gasteiger partial charge in [0.15, 0.2) is 0 Å². The molecule has 0 fully saturated rings. The minimum absolute atomic E-state index is 0.0417. The van der Waals surface area contributed by atoms with E-state index in [2.05, 4.69) is 11.3 Å². The third kappa shape index (κ3) is 4.37. The molecule has 0 bridgehead atoms. The lowest BCUT2D eigenvalue weighted by Crippen LogP contribution is -2.63. The molecule has 0 aliphatic rings. The molecule has 0 atom stereocenters. The Labute approximate surface area is 160 Å². The highest BCUT2D eigenvalue weighted by Gasteiger charge is 2.76. The van der Waals surface area contributed by atoms with Gasteiger partial charge in [-0.3, -0.25) is 4.55 Å². The lowest BCUT2D eigenvalue weighted by atomic mass is 9.99. The number of rotatable bonds is 5. The lowest BCUT2D eigenvalue weighted by molar-refractivity contribution is -0.356. The van der Waals surface area contributed by atoms with Crippen LogP contribution in [0.3, 0.4) is 0 Å². The van der Waals surface area contributed by atoms with Gasteiger partial charge in [-0.1, -0.05) is 43.0 Å². The highest BCUT2D eigenvalue weighted by molar-refractivity contribution is 7.85. The van der Waals surface area contributed by atoms with Gasteiger partial charge in [0.1, 0.15) is 5.75 Å². The van der Waals surface area contributed by atoms with Gasteiger partial charge < -0.3 is 4.74 Å². The van der Waals surface area contributed by atoms with Gasteiger partial charge in [0, 0.05) is 0 Å². The minimum Gasteiger partial charge on any atom is -0.435 e. The molecule has 0 unspecified atom stereocenters. The molecule has 0 amide bonds. The van der Waals surface area contributed by atoms with Crippen LogP contribution in [0.1, 0.15) is 15.9 Å². The number of ether oxygens (including phenoxy) is 1. The molecule has 29 heavy (non-hydrogen) atoms. The highest BCUT2D eigenvalue weighted by atomic mass is 32.2. The summed E-state index contributed by atoms with van der Waals surface area (Å²) in [7, 11) is -5.86. The smallest absolute Gasteiger partial charge is 0.435 e. The SMILES string of the molecule is C=Cc1ccc(C(=O)OC(CS(=O)(=O)O)(C(F)(F)F)C(F)(F)F)c2ccccc12. The molecule has 0 heterocycles. The first-order valence-corrected chi connectivity index (χ1v) is 9.20. The largest absolute Gasteiger partial charge is 0.438 e. The summed E-state index contributed by atoms with van der Waals surface area (Å²) >= 11 is 0. The van der Waals surface area contributed by atoms with Crippen LogP contribution in [0, 0.1) is 0 Å². The first-order valence-electron chi connectivity index (χ1n) is 7.59. The van der Waals surface area contributed by atoms with E-state index < -0.39 is 45.4 Å². The second-order valence-corrected chi connectivity index (χ2v) is 7.34. The van der Waals surface area contributed by atoms with Crippen LogP contribution < -0.4 is 0 Å². The molecular weight excluding hydrogens is 430 g/mol. The first kappa shape index (κ1) is 22.7. The zero-order valence-electron chi connectivity index (χ0n) is 14.2. The van der Waals surface area contributed by atoms with Crippen LogP contribution in [-0.4, -0.2) is 42.6 Å². The fraction of sp³-hybridized carbons (Fsp3) is 0.235. The van der Waals surface area contributed by atoms with Crippen LogP contribution in [0.4, 0.5) is 26.3 Å². The molecule has 2 rings (SSSR count). The molecule has 158 valence electrons. The van der Waals surface area contributed by atoms with Gasteiger partial charge in [0.2, 0.25) is 0 Å². The van der Waals surface area contributed by atoms with Gasteiger partial charge in [-0.25, -0.2) is 4.79 Å². The summed E-state index contributed by atoms with van der Waals surface area (Å²) in [6, 6.07) is 7.74. The number of fused-ring (bicyclic) bond motifs is 1. The van der Waals surface area contributed by atoms with E-state index in [9.17, 15) is 39.6 Å². The number of hydrogen-bond donors (Lipinski definition) is 1. The predicted molar refractivity (Wildman–Crippen MR) is 90.7 cm³/mol. The Balaban J connectivity index is 2.68. The molecule has 0 aliphatic carbocycles. The fourth-order valence-corrected chi connectivity index (χ4v) is 3.52. The van der Waals surface area contributed by atoms with Crippen LogP contribution in [0.25, 0.3) is 16.8 Å². The second kappa shape index (κ2) is 7.34. The third-order valence-electron chi connectivity index (χ3n) is 3.97. The average molecular weight is 442 g/mol. The molecule has 0 aliphatic heterocycles. The van der Waals surface area contributed by atoms with Crippen molar-refractivity contribution in [1.29, 1.82) is 0 Å². The van der Waals surface area contributed by atoms with Crippen molar-refractivity contribution in [2.45, 2.75) is 18.0 Å². The van der Waals surface area contributed by atoms with Crippen molar-refractivity contribution in [3.8, 4) is 0 Å². The Kier molecular flexibility index (Phi) is 5.74. The molecule has 0 spiro atoms. The summed E-state index contributed by atoms with van der Waals surface area (Å²) < 4.78 is 114. The van der Waals surface area contributed by atoms with Gasteiger partial charge in [-0.05, 0) is 22.4 Å². The maximum Gasteiger partial charge on any atom is 0.438 e. The van der Waals surface area contributed by atoms with E-state index in [4.69, 9.17) is 4.55 Å². The van der Waals surface area contributed by atoms with Crippen molar-refractivity contribution < 1.29 is 48.8 Å². The molecule has 5 nitrogen and oxygen atoms in total. The van der Waals surface area contributed by atoms with Crippen molar-refractivity contribution in [2.24, 2.45) is 0 Å². The minimum atomic E-state index is -6.40. The molecule has 2 aromatic carbocycles. The highest BCUT2D eigenvalue weighted by Crippen LogP contribution is 2.47. The zero-order valence-corrected chi connectivity index (χ0v) is 15.0. The van der Waals surface area contributed by atoms with Gasteiger partial charge in [0.05, 0.1) is 5.56 Å². The summed E-state index contributed by atoms with van der Waals surface area (Å²) in [6.45, 7) is 3.51. The fourth-order valence-electron chi connectivity index (χ4n) is 2.62. The lowest BCUT2D eigenvalue weighted by Gasteiger charge is -2.35. The van der Waals surface area contributed by atoms with E-state index in [0.29, 0.717) is 5.56 Å². The summed E-state index contributed by atoms with van der Waals surface area (Å²) in [5.74, 6) is -5.02. The Morgan fingerprint density at radius 3 is 1.97 bits per heavy atom. The van der Waals surface area contributed by atoms with E-state index in [1.54, 1.807) is 0 Å². The Morgan fingerprint density at radius 1 is 1.00 bits per heavy atom. The van der Waals surface area contributed by atoms with Crippen molar-refractivity contribution in [1.82, 2.24) is 0 Å². The van der Waals surface area contributed by atoms with E-state index >= 15 is 0 Å². The van der Waals surface area contributed by atoms with Gasteiger partial charge in [-0.15, -0.1) is 0 Å². The van der Waals surface area contributed by atoms with Crippen molar-refractivity contribution in [3.63, 3.8) is 0 Å². The number of hydrogen-bond acceptors (Lipinski definition) is 4. The van der Waals surface area contributed by atoms with Crippen molar-refractivity contribution in [3.05, 3.63) is 54.1 Å². The Bertz CT molecular complexity index is 1040. The number of alkyl halides is 6. The zero-order chi connectivity index (χ0) is 22.3. The maximum absolute atomic E-state index is 13.3. The quantitative estimate of drug-likeness (QED) is 0.422. The molecular formula is C17H12F6O5S. The molecule has 0 radical (unpaired) electrons. The van der Waals surface area contributed by atoms with Gasteiger partial charge in [-0.2, -0.15) is 34.8 Å². The monoisotopic (exact) mass is 442 g/mol. The molecule has 0 saturated heterocycles. The molecule has 0 saturated carbocycles. The van der Waals surface area contributed by atoms with Crippen molar-refractivity contribution >= 4 is 32.9 Å². The van der Waals surface area contributed by atoms with Crippen LogP contribution in [0.15, 0.2) is 43.0 Å². The van der Waals surface area contributed by atoms with Crippen LogP contribution >= 0.6 is 0 Å². The molecule has 0 aromatic heterocycles. The Morgan fingerprint density at radius 2 is 1.52 bits per heavy atom. The van der Waals surface area contributed by atoms with Crippen molar-refractivity contribution in [2.75, 3.05) is 5.75 Å². The van der Waals surface area contributed by atoms with E-state index in [1.807, 2.05) is 0 Å². The van der Waals surface area contributed by atoms with Crippen LogP contribution in [0.2, 0.25) is 0 Å². The summed E-state index contributed by atoms with van der Waals surface area (Å²) in [5, 5.41) is 0.247. The standard InChI is InChI=1S/C17H12F6O5S/c1-2-10-7-8-13(12-6-4-3-5-11(10)12)14(24)28-15(16(18,19)20,17(21,22)23)9-29(25,26)27/h2-8H,1,9H2,(H,25,26,27). The summed E-state index contributed by atoms with van der Waals surface area (Å²) in [4.78, 5) is 12.3. The van der Waals surface area contributed by atoms with Crippen LogP contribution in [-0.2, 0) is 14.9 Å².